The number of nitrogens with zero attached hydrogens (tertiary/aromatic N) is 2. The van der Waals surface area contributed by atoms with Crippen LogP contribution in [0, 0.1) is 0 Å². The molecule has 3 aliphatic rings. The summed E-state index contributed by atoms with van der Waals surface area (Å²) in [6.07, 6.45) is 7.67. The highest BCUT2D eigenvalue weighted by molar-refractivity contribution is 5.78. The molecule has 0 aromatic carbocycles. The largest absolute Gasteiger partial charge is 0.376 e. The van der Waals surface area contributed by atoms with Crippen LogP contribution in [0.1, 0.15) is 38.5 Å². The number of piperidine rings is 1. The van der Waals surface area contributed by atoms with E-state index in [-0.39, 0.29) is 12.0 Å². The maximum Gasteiger partial charge on any atom is 0.234 e. The number of rotatable bonds is 5. The highest BCUT2D eigenvalue weighted by atomic mass is 16.5. The van der Waals surface area contributed by atoms with E-state index in [1.807, 2.05) is 0 Å². The Kier molecular flexibility index (Phi) is 5.49. The third-order valence-electron chi connectivity index (χ3n) is 5.06. The van der Waals surface area contributed by atoms with Gasteiger partial charge in [-0.1, -0.05) is 0 Å². The van der Waals surface area contributed by atoms with E-state index in [1.165, 1.54) is 38.8 Å². The lowest BCUT2D eigenvalue weighted by Crippen LogP contribution is -2.50. The van der Waals surface area contributed by atoms with Crippen LogP contribution in [0.3, 0.4) is 0 Å². The lowest BCUT2D eigenvalue weighted by molar-refractivity contribution is -0.123. The molecule has 3 heterocycles. The van der Waals surface area contributed by atoms with Gasteiger partial charge < -0.3 is 10.1 Å². The van der Waals surface area contributed by atoms with Gasteiger partial charge in [-0.05, 0) is 58.2 Å². The number of hydrogen-bond acceptors (Lipinski definition) is 4. The van der Waals surface area contributed by atoms with Gasteiger partial charge in [0.15, 0.2) is 0 Å². The van der Waals surface area contributed by atoms with Crippen LogP contribution < -0.4 is 5.32 Å². The van der Waals surface area contributed by atoms with E-state index in [0.29, 0.717) is 19.1 Å². The van der Waals surface area contributed by atoms with E-state index >= 15 is 0 Å². The monoisotopic (exact) mass is 295 g/mol. The molecule has 1 N–H and O–H groups in total. The summed E-state index contributed by atoms with van der Waals surface area (Å²) < 4.78 is 5.54. The van der Waals surface area contributed by atoms with E-state index in [2.05, 4.69) is 15.1 Å². The summed E-state index contributed by atoms with van der Waals surface area (Å²) in [5.74, 6) is 0.160. The molecule has 0 bridgehead atoms. The Morgan fingerprint density at radius 1 is 1.10 bits per heavy atom. The summed E-state index contributed by atoms with van der Waals surface area (Å²) in [6.45, 7) is 6.72. The molecule has 0 radical (unpaired) electrons. The molecule has 3 rings (SSSR count). The molecular weight excluding hydrogens is 266 g/mol. The minimum Gasteiger partial charge on any atom is -0.376 e. The van der Waals surface area contributed by atoms with Crippen molar-refractivity contribution in [3.05, 3.63) is 0 Å². The van der Waals surface area contributed by atoms with Crippen LogP contribution in [0.2, 0.25) is 0 Å². The van der Waals surface area contributed by atoms with Crippen molar-refractivity contribution in [3.63, 3.8) is 0 Å². The van der Waals surface area contributed by atoms with Gasteiger partial charge in [0.25, 0.3) is 0 Å². The van der Waals surface area contributed by atoms with Crippen molar-refractivity contribution >= 4 is 5.91 Å². The molecule has 0 aliphatic carbocycles. The Bertz CT molecular complexity index is 338. The fourth-order valence-corrected chi connectivity index (χ4v) is 3.87. The molecule has 0 aromatic heterocycles. The van der Waals surface area contributed by atoms with Crippen LogP contribution in [0.15, 0.2) is 0 Å². The van der Waals surface area contributed by atoms with Crippen molar-refractivity contribution in [2.45, 2.75) is 50.7 Å². The van der Waals surface area contributed by atoms with E-state index in [9.17, 15) is 4.79 Å². The molecule has 21 heavy (non-hydrogen) atoms. The molecule has 3 saturated heterocycles. The highest BCUT2D eigenvalue weighted by Gasteiger charge is 2.28. The fourth-order valence-electron chi connectivity index (χ4n) is 3.87. The van der Waals surface area contributed by atoms with Crippen LogP contribution in [0.25, 0.3) is 0 Å². The topological polar surface area (TPSA) is 44.8 Å². The number of amides is 1. The van der Waals surface area contributed by atoms with Gasteiger partial charge in [0.05, 0.1) is 12.6 Å². The number of hydrogen-bond donors (Lipinski definition) is 1. The molecular formula is C16H29N3O2. The first kappa shape index (κ1) is 15.3. The van der Waals surface area contributed by atoms with Crippen molar-refractivity contribution in [1.82, 2.24) is 15.1 Å². The Morgan fingerprint density at radius 2 is 1.95 bits per heavy atom. The third kappa shape index (κ3) is 4.41. The van der Waals surface area contributed by atoms with Crippen molar-refractivity contribution in [2.75, 3.05) is 45.9 Å². The molecule has 5 heteroatoms. The van der Waals surface area contributed by atoms with Gasteiger partial charge >= 0.3 is 0 Å². The second-order valence-corrected chi connectivity index (χ2v) is 6.71. The minimum atomic E-state index is 0.160. The van der Waals surface area contributed by atoms with E-state index in [1.54, 1.807) is 0 Å². The maximum atomic E-state index is 12.1. The van der Waals surface area contributed by atoms with Crippen LogP contribution in [-0.2, 0) is 9.53 Å². The van der Waals surface area contributed by atoms with Crippen LogP contribution in [-0.4, -0.2) is 73.7 Å². The molecule has 5 nitrogen and oxygen atoms in total. The van der Waals surface area contributed by atoms with E-state index in [4.69, 9.17) is 4.74 Å². The maximum absolute atomic E-state index is 12.1. The Morgan fingerprint density at radius 3 is 2.71 bits per heavy atom. The number of carbonyl (C=O) groups excluding carboxylic acids is 1. The fraction of sp³-hybridized carbons (Fsp3) is 0.938. The minimum absolute atomic E-state index is 0.160. The van der Waals surface area contributed by atoms with Gasteiger partial charge in [-0.25, -0.2) is 0 Å². The third-order valence-corrected chi connectivity index (χ3v) is 5.06. The molecule has 2 atom stereocenters. The average molecular weight is 295 g/mol. The first-order chi connectivity index (χ1) is 10.3. The van der Waals surface area contributed by atoms with Gasteiger partial charge in [-0.2, -0.15) is 0 Å². The number of carbonyl (C=O) groups is 1. The molecule has 120 valence electrons. The van der Waals surface area contributed by atoms with Gasteiger partial charge in [0.2, 0.25) is 5.91 Å². The van der Waals surface area contributed by atoms with Crippen LogP contribution in [0.4, 0.5) is 0 Å². The van der Waals surface area contributed by atoms with Crippen LogP contribution >= 0.6 is 0 Å². The summed E-state index contributed by atoms with van der Waals surface area (Å²) in [5, 5.41) is 3.04. The lowest BCUT2D eigenvalue weighted by atomic mass is 10.0. The molecule has 3 fully saturated rings. The van der Waals surface area contributed by atoms with Gasteiger partial charge in [-0.3, -0.25) is 14.6 Å². The highest BCUT2D eigenvalue weighted by Crippen LogP contribution is 2.20. The van der Waals surface area contributed by atoms with E-state index < -0.39 is 0 Å². The summed E-state index contributed by atoms with van der Waals surface area (Å²) in [5.41, 5.74) is 0. The second kappa shape index (κ2) is 7.56. The van der Waals surface area contributed by atoms with Crippen molar-refractivity contribution < 1.29 is 9.53 Å². The normalized spacial score (nSPS) is 31.6. The standard InChI is InChI=1S/C16H29N3O2/c20-16(17-11-15-6-4-10-21-15)13-18-7-3-5-14(12-18)19-8-1-2-9-19/h14-15H,1-13H2,(H,17,20)/t14-,15+/m1/s1. The van der Waals surface area contributed by atoms with Gasteiger partial charge in [-0.15, -0.1) is 0 Å². The number of nitrogens with one attached hydrogen (secondary N) is 1. The molecule has 1 amide bonds. The lowest BCUT2D eigenvalue weighted by Gasteiger charge is -2.37. The zero-order valence-corrected chi connectivity index (χ0v) is 13.1. The summed E-state index contributed by atoms with van der Waals surface area (Å²) in [6, 6.07) is 0.673. The van der Waals surface area contributed by atoms with E-state index in [0.717, 1.165) is 32.5 Å². The SMILES string of the molecule is O=C(CN1CCC[C@@H](N2CCCC2)C1)NC[C@@H]1CCCO1. The van der Waals surface area contributed by atoms with Gasteiger partial charge in [0.1, 0.15) is 0 Å². The molecule has 0 spiro atoms. The Labute approximate surface area is 128 Å². The second-order valence-electron chi connectivity index (χ2n) is 6.71. The smallest absolute Gasteiger partial charge is 0.234 e. The quantitative estimate of drug-likeness (QED) is 0.816. The summed E-state index contributed by atoms with van der Waals surface area (Å²) >= 11 is 0. The predicted octanol–water partition coefficient (Wildman–Crippen LogP) is 0.842. The number of ether oxygens (including phenoxy) is 1. The molecule has 3 aliphatic heterocycles. The zero-order chi connectivity index (χ0) is 14.5. The van der Waals surface area contributed by atoms with Crippen LogP contribution in [0.5, 0.6) is 0 Å². The summed E-state index contributed by atoms with van der Waals surface area (Å²) in [4.78, 5) is 17.0. The first-order valence-corrected chi connectivity index (χ1v) is 8.66. The van der Waals surface area contributed by atoms with Crippen molar-refractivity contribution in [1.29, 1.82) is 0 Å². The van der Waals surface area contributed by atoms with Crippen molar-refractivity contribution in [3.8, 4) is 0 Å². The van der Waals surface area contributed by atoms with Gasteiger partial charge in [0, 0.05) is 25.7 Å². The molecule has 0 unspecified atom stereocenters. The van der Waals surface area contributed by atoms with Crippen molar-refractivity contribution in [2.24, 2.45) is 0 Å². The average Bonchev–Trinajstić information content (AvgIpc) is 3.19. The zero-order valence-electron chi connectivity index (χ0n) is 13.1. The Hall–Kier alpha value is -0.650. The number of likely N-dealkylation sites (tertiary alicyclic amines) is 2. The predicted molar refractivity (Wildman–Crippen MR) is 82.3 cm³/mol. The molecule has 0 saturated carbocycles. The Balaban J connectivity index is 1.38. The molecule has 0 aromatic rings. The first-order valence-electron chi connectivity index (χ1n) is 8.66. The summed E-state index contributed by atoms with van der Waals surface area (Å²) in [7, 11) is 0.